The van der Waals surface area contributed by atoms with Gasteiger partial charge in [0.15, 0.2) is 0 Å². The van der Waals surface area contributed by atoms with Crippen molar-refractivity contribution in [3.63, 3.8) is 0 Å². The molecule has 1 atom stereocenters. The molecule has 0 radical (unpaired) electrons. The molecule has 1 amide bonds. The van der Waals surface area contributed by atoms with Crippen molar-refractivity contribution in [2.45, 2.75) is 55.7 Å². The molecular weight excluding hydrogens is 482 g/mol. The second-order valence-electron chi connectivity index (χ2n) is 8.49. The van der Waals surface area contributed by atoms with Crippen LogP contribution in [0.3, 0.4) is 0 Å². The number of amides is 1. The van der Waals surface area contributed by atoms with E-state index in [0.717, 1.165) is 0 Å². The third-order valence-corrected chi connectivity index (χ3v) is 8.31. The predicted molar refractivity (Wildman–Crippen MR) is 128 cm³/mol. The number of methoxy groups -OCH3 is 2. The Balaban J connectivity index is 0.00000408. The van der Waals surface area contributed by atoms with Crippen molar-refractivity contribution in [1.82, 2.24) is 14.8 Å². The number of sulfonamides is 1. The first-order chi connectivity index (χ1) is 15.7. The smallest absolute Gasteiger partial charge is 0.262 e. The summed E-state index contributed by atoms with van der Waals surface area (Å²) >= 11 is 0. The predicted octanol–water partition coefficient (Wildman–Crippen LogP) is 3.17. The lowest BCUT2D eigenvalue weighted by atomic mass is 9.76. The molecular formula is C23H32ClN3O6S. The number of ether oxygens (including phenoxy) is 2. The molecule has 0 unspecified atom stereocenters. The van der Waals surface area contributed by atoms with Crippen molar-refractivity contribution < 1.29 is 27.9 Å². The van der Waals surface area contributed by atoms with Crippen LogP contribution in [0, 0.1) is 5.92 Å². The molecule has 34 heavy (non-hydrogen) atoms. The Morgan fingerprint density at radius 3 is 2.26 bits per heavy atom. The first-order valence-corrected chi connectivity index (χ1v) is 12.2. The van der Waals surface area contributed by atoms with Gasteiger partial charge in [-0.25, -0.2) is 13.9 Å². The fraction of sp³-hybridized carbons (Fsp3) is 0.478. The molecule has 188 valence electrons. The first-order valence-electron chi connectivity index (χ1n) is 10.8. The van der Waals surface area contributed by atoms with Gasteiger partial charge in [-0.15, -0.1) is 12.4 Å². The number of hydroxylamine groups is 1. The third-order valence-electron chi connectivity index (χ3n) is 6.47. The largest absolute Gasteiger partial charge is 0.497 e. The number of rotatable bonds is 9. The van der Waals surface area contributed by atoms with E-state index < -0.39 is 22.0 Å². The Morgan fingerprint density at radius 2 is 1.76 bits per heavy atom. The van der Waals surface area contributed by atoms with Gasteiger partial charge in [-0.2, -0.15) is 4.31 Å². The van der Waals surface area contributed by atoms with Crippen molar-refractivity contribution in [3.05, 3.63) is 54.4 Å². The van der Waals surface area contributed by atoms with Crippen LogP contribution < -0.4 is 10.2 Å². The lowest BCUT2D eigenvalue weighted by molar-refractivity contribution is -0.136. The number of benzene rings is 1. The molecule has 3 rings (SSSR count). The molecule has 1 heterocycles. The van der Waals surface area contributed by atoms with Gasteiger partial charge in [0, 0.05) is 26.0 Å². The number of hydrogen-bond acceptors (Lipinski definition) is 7. The maximum atomic E-state index is 13.8. The standard InChI is InChI=1S/C23H31N3O6S.ClH/c1-23(32-3)12-8-18(9-13-23)21(22(27)25-28)26(16-17-10-14-24-15-11-17)33(29,30)20-6-4-19(31-2)5-7-20;/h4-7,10-11,14-15,18,21,28H,8-9,12-13,16H2,1-3H3,(H,25,27);1H/t18-,21-,23-;/m1./s1. The molecule has 1 fully saturated rings. The van der Waals surface area contributed by atoms with E-state index in [1.54, 1.807) is 49.2 Å². The molecule has 0 spiro atoms. The highest BCUT2D eigenvalue weighted by Gasteiger charge is 2.44. The van der Waals surface area contributed by atoms with Gasteiger partial charge in [-0.1, -0.05) is 0 Å². The highest BCUT2D eigenvalue weighted by molar-refractivity contribution is 7.89. The number of nitrogens with zero attached hydrogens (tertiary/aromatic N) is 2. The van der Waals surface area contributed by atoms with Gasteiger partial charge < -0.3 is 9.47 Å². The quantitative estimate of drug-likeness (QED) is 0.390. The Kier molecular flexibility index (Phi) is 9.84. The zero-order valence-corrected chi connectivity index (χ0v) is 21.1. The summed E-state index contributed by atoms with van der Waals surface area (Å²) in [5.41, 5.74) is 2.05. The van der Waals surface area contributed by atoms with Gasteiger partial charge >= 0.3 is 0 Å². The van der Waals surface area contributed by atoms with E-state index in [9.17, 15) is 18.4 Å². The average Bonchev–Trinajstić information content (AvgIpc) is 2.85. The van der Waals surface area contributed by atoms with Crippen LogP contribution in [0.5, 0.6) is 5.75 Å². The lowest BCUT2D eigenvalue weighted by Gasteiger charge is -2.41. The number of halogens is 1. The van der Waals surface area contributed by atoms with E-state index >= 15 is 0 Å². The molecule has 1 aromatic heterocycles. The minimum Gasteiger partial charge on any atom is -0.497 e. The zero-order chi connectivity index (χ0) is 24.1. The Morgan fingerprint density at radius 1 is 1.18 bits per heavy atom. The topological polar surface area (TPSA) is 118 Å². The fourth-order valence-corrected chi connectivity index (χ4v) is 5.94. The Labute approximate surface area is 206 Å². The molecule has 2 N–H and O–H groups in total. The average molecular weight is 514 g/mol. The number of carbonyl (C=O) groups excluding carboxylic acids is 1. The molecule has 0 bridgehead atoms. The summed E-state index contributed by atoms with van der Waals surface area (Å²) in [6.07, 6.45) is 5.64. The molecule has 2 aromatic rings. The lowest BCUT2D eigenvalue weighted by Crippen LogP contribution is -2.53. The van der Waals surface area contributed by atoms with Crippen molar-refractivity contribution in [3.8, 4) is 5.75 Å². The normalized spacial score (nSPS) is 21.4. The van der Waals surface area contributed by atoms with E-state index in [2.05, 4.69) is 4.98 Å². The summed E-state index contributed by atoms with van der Waals surface area (Å²) in [7, 11) is -0.955. The number of aromatic nitrogens is 1. The zero-order valence-electron chi connectivity index (χ0n) is 19.5. The second kappa shape index (κ2) is 11.9. The van der Waals surface area contributed by atoms with E-state index in [1.807, 2.05) is 6.92 Å². The SMILES string of the molecule is COc1ccc(S(=O)(=O)N(Cc2ccncc2)[C@@H](C(=O)NO)[C@H]2CC[C@](C)(OC)CC2)cc1.Cl. The van der Waals surface area contributed by atoms with Crippen LogP contribution in [0.25, 0.3) is 0 Å². The van der Waals surface area contributed by atoms with Gasteiger partial charge in [0.05, 0.1) is 17.6 Å². The molecule has 1 aliphatic rings. The van der Waals surface area contributed by atoms with E-state index in [0.29, 0.717) is 37.0 Å². The minimum absolute atomic E-state index is 0. The number of nitrogens with one attached hydrogen (secondary N) is 1. The maximum absolute atomic E-state index is 13.8. The monoisotopic (exact) mass is 513 g/mol. The molecule has 0 aliphatic heterocycles. The van der Waals surface area contributed by atoms with Crippen LogP contribution in [0.4, 0.5) is 0 Å². The van der Waals surface area contributed by atoms with Gasteiger partial charge in [-0.3, -0.25) is 15.0 Å². The van der Waals surface area contributed by atoms with Crippen molar-refractivity contribution in [2.24, 2.45) is 5.92 Å². The highest BCUT2D eigenvalue weighted by Crippen LogP contribution is 2.38. The van der Waals surface area contributed by atoms with Gasteiger partial charge in [0.1, 0.15) is 11.8 Å². The summed E-state index contributed by atoms with van der Waals surface area (Å²) in [4.78, 5) is 16.9. The van der Waals surface area contributed by atoms with Crippen molar-refractivity contribution >= 4 is 28.3 Å². The van der Waals surface area contributed by atoms with Gasteiger partial charge in [0.2, 0.25) is 10.0 Å². The second-order valence-corrected chi connectivity index (χ2v) is 10.4. The van der Waals surface area contributed by atoms with E-state index in [-0.39, 0.29) is 35.4 Å². The van der Waals surface area contributed by atoms with Crippen molar-refractivity contribution in [2.75, 3.05) is 14.2 Å². The van der Waals surface area contributed by atoms with Gasteiger partial charge in [-0.05, 0) is 80.5 Å². The van der Waals surface area contributed by atoms with Crippen LogP contribution in [0.2, 0.25) is 0 Å². The summed E-state index contributed by atoms with van der Waals surface area (Å²) < 4.78 is 39.5. The van der Waals surface area contributed by atoms with Crippen LogP contribution in [0.15, 0.2) is 53.7 Å². The molecule has 1 aromatic carbocycles. The summed E-state index contributed by atoms with van der Waals surface area (Å²) in [5, 5.41) is 9.53. The summed E-state index contributed by atoms with van der Waals surface area (Å²) in [5.74, 6) is -0.534. The molecule has 9 nitrogen and oxygen atoms in total. The summed E-state index contributed by atoms with van der Waals surface area (Å²) in [6, 6.07) is 8.32. The number of pyridine rings is 1. The van der Waals surface area contributed by atoms with Crippen LogP contribution in [-0.4, -0.2) is 54.7 Å². The minimum atomic E-state index is -4.11. The fourth-order valence-electron chi connectivity index (χ4n) is 4.30. The molecule has 1 saturated carbocycles. The third kappa shape index (κ3) is 6.25. The van der Waals surface area contributed by atoms with Crippen LogP contribution in [-0.2, 0) is 26.1 Å². The maximum Gasteiger partial charge on any atom is 0.262 e. The highest BCUT2D eigenvalue weighted by atomic mass is 35.5. The Bertz CT molecular complexity index is 1030. The molecule has 0 saturated heterocycles. The number of hydrogen-bond donors (Lipinski definition) is 2. The van der Waals surface area contributed by atoms with E-state index in [1.165, 1.54) is 23.5 Å². The Hall–Kier alpha value is -2.24. The van der Waals surface area contributed by atoms with E-state index in [4.69, 9.17) is 9.47 Å². The number of carbonyl (C=O) groups is 1. The molecule has 1 aliphatic carbocycles. The van der Waals surface area contributed by atoms with Crippen molar-refractivity contribution in [1.29, 1.82) is 0 Å². The van der Waals surface area contributed by atoms with Gasteiger partial charge in [0.25, 0.3) is 5.91 Å². The summed E-state index contributed by atoms with van der Waals surface area (Å²) in [6.45, 7) is 1.96. The van der Waals surface area contributed by atoms with Crippen LogP contribution in [0.1, 0.15) is 38.2 Å². The molecule has 11 heteroatoms. The van der Waals surface area contributed by atoms with Crippen LogP contribution >= 0.6 is 12.4 Å². The first kappa shape index (κ1) is 28.0.